The van der Waals surface area contributed by atoms with Gasteiger partial charge >= 0.3 is 17.9 Å². The van der Waals surface area contributed by atoms with Gasteiger partial charge in [0.2, 0.25) is 0 Å². The zero-order valence-corrected chi connectivity index (χ0v) is 34.0. The second-order valence-corrected chi connectivity index (χ2v) is 13.1. The molecule has 0 fully saturated rings. The van der Waals surface area contributed by atoms with Gasteiger partial charge in [-0.3, -0.25) is 0 Å². The van der Waals surface area contributed by atoms with E-state index in [1.165, 1.54) is 172 Å². The van der Waals surface area contributed by atoms with Crippen LogP contribution in [0.2, 0.25) is 0 Å². The number of carbonyl (C=O) groups is 3. The Morgan fingerprint density at radius 1 is 0.327 bits per heavy atom. The maximum Gasteiger partial charge on any atom is 0.327 e. The van der Waals surface area contributed by atoms with Gasteiger partial charge in [-0.2, -0.15) is 0 Å². The predicted molar refractivity (Wildman–Crippen MR) is 206 cm³/mol. The summed E-state index contributed by atoms with van der Waals surface area (Å²) in [4.78, 5) is 30.5. The van der Waals surface area contributed by atoms with Crippen LogP contribution in [0.4, 0.5) is 0 Å². The molecule has 0 spiro atoms. The average molecular weight is 844 g/mol. The SMILES string of the molecule is CCCCCCCCCCCC=CC(=O)O.CCCCCCCCCCCC=CC(=O)O.CCCCCCCCCCCC=CC(=O)O.[Ho]. The van der Waals surface area contributed by atoms with Gasteiger partial charge in [0.05, 0.1) is 0 Å². The molecule has 0 rings (SSSR count). The number of carboxylic acids is 3. The van der Waals surface area contributed by atoms with Crippen molar-refractivity contribution in [3.8, 4) is 0 Å². The Kier molecular flexibility index (Phi) is 57.2. The van der Waals surface area contributed by atoms with E-state index in [0.717, 1.165) is 38.5 Å². The summed E-state index contributed by atoms with van der Waals surface area (Å²) in [5.41, 5.74) is 0. The molecule has 0 aliphatic carbocycles. The fourth-order valence-corrected chi connectivity index (χ4v) is 5.27. The number of hydrogen-bond donors (Lipinski definition) is 3. The maximum absolute atomic E-state index is 10.2. The largest absolute Gasteiger partial charge is 0.478 e. The molecule has 0 amide bonds. The van der Waals surface area contributed by atoms with Gasteiger partial charge in [0.15, 0.2) is 0 Å². The van der Waals surface area contributed by atoms with E-state index in [2.05, 4.69) is 20.8 Å². The van der Waals surface area contributed by atoms with E-state index in [0.29, 0.717) is 0 Å². The first-order chi connectivity index (χ1) is 23.3. The van der Waals surface area contributed by atoms with Gasteiger partial charge in [0.25, 0.3) is 0 Å². The van der Waals surface area contributed by atoms with Crippen molar-refractivity contribution in [3.05, 3.63) is 36.5 Å². The Bertz CT molecular complexity index is 662. The van der Waals surface area contributed by atoms with Crippen molar-refractivity contribution in [2.24, 2.45) is 0 Å². The molecule has 0 aliphatic rings. The molecule has 7 heteroatoms. The Hall–Kier alpha value is -1.11. The van der Waals surface area contributed by atoms with Crippen molar-refractivity contribution in [3.63, 3.8) is 0 Å². The predicted octanol–water partition coefficient (Wildman–Crippen LogP) is 13.6. The molecule has 1 radical (unpaired) electrons. The van der Waals surface area contributed by atoms with Gasteiger partial charge in [0.1, 0.15) is 0 Å². The summed E-state index contributed by atoms with van der Waals surface area (Å²) >= 11 is 0. The van der Waals surface area contributed by atoms with E-state index in [1.807, 2.05) is 0 Å². The van der Waals surface area contributed by atoms with Crippen LogP contribution < -0.4 is 0 Å². The third-order valence-electron chi connectivity index (χ3n) is 8.20. The molecule has 0 aromatic heterocycles. The van der Waals surface area contributed by atoms with E-state index in [9.17, 15) is 14.4 Å². The van der Waals surface area contributed by atoms with Crippen LogP contribution in [0.3, 0.4) is 0 Å². The Morgan fingerprint density at radius 3 is 0.653 bits per heavy atom. The fraction of sp³-hybridized carbons (Fsp3) is 0.786. The third kappa shape index (κ3) is 65.8. The standard InChI is InChI=1S/3C14H26O2.Ho/c3*1-2-3-4-5-6-7-8-9-10-11-12-13-14(15)16;/h3*12-13H,2-11H2,1H3,(H,15,16);. The van der Waals surface area contributed by atoms with Crippen molar-refractivity contribution in [1.82, 2.24) is 0 Å². The zero-order valence-electron chi connectivity index (χ0n) is 32.0. The zero-order chi connectivity index (χ0) is 36.2. The minimum absolute atomic E-state index is 0. The molecule has 0 saturated heterocycles. The minimum Gasteiger partial charge on any atom is -0.478 e. The number of aliphatic carboxylic acids is 3. The normalized spacial score (nSPS) is 10.8. The summed E-state index contributed by atoms with van der Waals surface area (Å²) in [6, 6.07) is 0. The summed E-state index contributed by atoms with van der Waals surface area (Å²) in [5, 5.41) is 25.1. The van der Waals surface area contributed by atoms with Crippen LogP contribution in [0.5, 0.6) is 0 Å². The van der Waals surface area contributed by atoms with E-state index in [4.69, 9.17) is 15.3 Å². The fourth-order valence-electron chi connectivity index (χ4n) is 5.27. The molecule has 0 saturated carbocycles. The maximum atomic E-state index is 10.2. The first-order valence-electron chi connectivity index (χ1n) is 20.0. The Labute approximate surface area is 333 Å². The summed E-state index contributed by atoms with van der Waals surface area (Å²) in [6.07, 6.45) is 47.2. The molecule has 0 aliphatic heterocycles. The van der Waals surface area contributed by atoms with Crippen molar-refractivity contribution in [1.29, 1.82) is 0 Å². The van der Waals surface area contributed by atoms with E-state index >= 15 is 0 Å². The van der Waals surface area contributed by atoms with Gasteiger partial charge < -0.3 is 15.3 Å². The topological polar surface area (TPSA) is 112 Å². The van der Waals surface area contributed by atoms with Gasteiger partial charge in [-0.1, -0.05) is 193 Å². The first kappa shape index (κ1) is 54.7. The molecule has 0 aromatic carbocycles. The van der Waals surface area contributed by atoms with Crippen LogP contribution in [-0.4, -0.2) is 33.2 Å². The number of rotatable bonds is 33. The average Bonchev–Trinajstić information content (AvgIpc) is 3.05. The molecule has 0 heterocycles. The molecular formula is C42H78HoO6. The molecule has 0 unspecified atom stereocenters. The Morgan fingerprint density at radius 2 is 0.490 bits per heavy atom. The summed E-state index contributed by atoms with van der Waals surface area (Å²) < 4.78 is 0. The second-order valence-electron chi connectivity index (χ2n) is 13.1. The number of hydrogen-bond acceptors (Lipinski definition) is 3. The monoisotopic (exact) mass is 844 g/mol. The summed E-state index contributed by atoms with van der Waals surface area (Å²) in [7, 11) is 0. The van der Waals surface area contributed by atoms with Gasteiger partial charge in [0, 0.05) is 56.0 Å². The van der Waals surface area contributed by atoms with Crippen LogP contribution in [-0.2, 0) is 14.4 Å². The van der Waals surface area contributed by atoms with E-state index in [-0.39, 0.29) is 37.7 Å². The first-order valence-corrected chi connectivity index (χ1v) is 20.0. The van der Waals surface area contributed by atoms with E-state index < -0.39 is 17.9 Å². The number of allylic oxidation sites excluding steroid dienone is 3. The van der Waals surface area contributed by atoms with Crippen LogP contribution in [0.1, 0.15) is 213 Å². The smallest absolute Gasteiger partial charge is 0.327 e. The van der Waals surface area contributed by atoms with Crippen LogP contribution in [0, 0.1) is 37.7 Å². The second kappa shape index (κ2) is 51.3. The molecule has 293 valence electrons. The van der Waals surface area contributed by atoms with Crippen LogP contribution >= 0.6 is 0 Å². The summed E-state index contributed by atoms with van der Waals surface area (Å²) in [5.74, 6) is -2.51. The Balaban J connectivity index is -0.000000307. The van der Waals surface area contributed by atoms with Gasteiger partial charge in [-0.25, -0.2) is 14.4 Å². The molecule has 0 bridgehead atoms. The van der Waals surface area contributed by atoms with E-state index in [1.54, 1.807) is 18.2 Å². The van der Waals surface area contributed by atoms with Crippen molar-refractivity contribution in [2.45, 2.75) is 213 Å². The van der Waals surface area contributed by atoms with Gasteiger partial charge in [-0.15, -0.1) is 0 Å². The molecule has 6 nitrogen and oxygen atoms in total. The van der Waals surface area contributed by atoms with Crippen LogP contribution in [0.25, 0.3) is 0 Å². The summed E-state index contributed by atoms with van der Waals surface area (Å²) in [6.45, 7) is 6.72. The molecule has 3 N–H and O–H groups in total. The van der Waals surface area contributed by atoms with Crippen LogP contribution in [0.15, 0.2) is 36.5 Å². The quantitative estimate of drug-likeness (QED) is 0.0345. The number of unbranched alkanes of at least 4 members (excludes halogenated alkanes) is 27. The minimum atomic E-state index is -0.837. The number of carboxylic acid groups (broad SMARTS) is 3. The van der Waals surface area contributed by atoms with Gasteiger partial charge in [-0.05, 0) is 38.5 Å². The van der Waals surface area contributed by atoms with Crippen molar-refractivity contribution < 1.29 is 67.4 Å². The molecule has 0 aromatic rings. The molecule has 0 atom stereocenters. The molecular weight excluding hydrogens is 765 g/mol. The van der Waals surface area contributed by atoms with Crippen molar-refractivity contribution >= 4 is 17.9 Å². The molecule has 49 heavy (non-hydrogen) atoms. The third-order valence-corrected chi connectivity index (χ3v) is 8.20. The van der Waals surface area contributed by atoms with Crippen molar-refractivity contribution in [2.75, 3.05) is 0 Å².